The minimum atomic E-state index is 0. The fraction of sp³-hybridized carbons (Fsp3) is 0.909. The van der Waals surface area contributed by atoms with Crippen molar-refractivity contribution in [2.75, 3.05) is 32.7 Å². The molecule has 0 spiro atoms. The predicted octanol–water partition coefficient (Wildman–Crippen LogP) is 0.454. The molecular weight excluding hydrogens is 226 g/mol. The number of piperidine rings is 1. The van der Waals surface area contributed by atoms with E-state index in [4.69, 9.17) is 5.73 Å². The van der Waals surface area contributed by atoms with Gasteiger partial charge in [-0.3, -0.25) is 9.69 Å². The average molecular weight is 248 g/mol. The first-order valence-corrected chi connectivity index (χ1v) is 6.01. The number of likely N-dealkylation sites (tertiary alicyclic amines) is 2. The van der Waals surface area contributed by atoms with Crippen LogP contribution in [0.5, 0.6) is 0 Å². The van der Waals surface area contributed by atoms with Gasteiger partial charge < -0.3 is 10.6 Å². The fourth-order valence-electron chi connectivity index (χ4n) is 2.44. The summed E-state index contributed by atoms with van der Waals surface area (Å²) in [6.45, 7) is 4.37. The third kappa shape index (κ3) is 3.61. The first-order chi connectivity index (χ1) is 7.25. The van der Waals surface area contributed by atoms with Gasteiger partial charge in [0.1, 0.15) is 0 Å². The van der Waals surface area contributed by atoms with Crippen LogP contribution in [0.15, 0.2) is 0 Å². The Hall–Kier alpha value is -0.320. The Bertz CT molecular complexity index is 231. The van der Waals surface area contributed by atoms with Gasteiger partial charge in [-0.25, -0.2) is 0 Å². The highest BCUT2D eigenvalue weighted by Gasteiger charge is 2.24. The van der Waals surface area contributed by atoms with Crippen LogP contribution < -0.4 is 5.73 Å². The monoisotopic (exact) mass is 247 g/mol. The Morgan fingerprint density at radius 1 is 1.19 bits per heavy atom. The lowest BCUT2D eigenvalue weighted by Crippen LogP contribution is -2.42. The summed E-state index contributed by atoms with van der Waals surface area (Å²) in [5.74, 6) is 0.295. The first-order valence-electron chi connectivity index (χ1n) is 6.01. The SMILES string of the molecule is Cl.NC1CCN(CC(=O)N2CCCCC2)C1. The lowest BCUT2D eigenvalue weighted by atomic mass is 10.1. The summed E-state index contributed by atoms with van der Waals surface area (Å²) in [5, 5.41) is 0. The van der Waals surface area contributed by atoms with Crippen LogP contribution in [0.1, 0.15) is 25.7 Å². The van der Waals surface area contributed by atoms with Crippen LogP contribution in [0.4, 0.5) is 0 Å². The minimum absolute atomic E-state index is 0. The Labute approximate surface area is 104 Å². The van der Waals surface area contributed by atoms with E-state index in [2.05, 4.69) is 4.90 Å². The van der Waals surface area contributed by atoms with Gasteiger partial charge in [0.25, 0.3) is 0 Å². The molecule has 0 aromatic carbocycles. The molecule has 1 amide bonds. The number of nitrogens with two attached hydrogens (primary N) is 1. The van der Waals surface area contributed by atoms with Gasteiger partial charge in [-0.2, -0.15) is 0 Å². The molecule has 0 bridgehead atoms. The van der Waals surface area contributed by atoms with Crippen molar-refractivity contribution in [3.05, 3.63) is 0 Å². The summed E-state index contributed by atoms with van der Waals surface area (Å²) in [7, 11) is 0. The topological polar surface area (TPSA) is 49.6 Å². The Balaban J connectivity index is 0.00000128. The molecule has 2 aliphatic heterocycles. The van der Waals surface area contributed by atoms with E-state index in [-0.39, 0.29) is 18.4 Å². The van der Waals surface area contributed by atoms with E-state index in [0.29, 0.717) is 12.5 Å². The molecule has 2 aliphatic rings. The van der Waals surface area contributed by atoms with Crippen molar-refractivity contribution < 1.29 is 4.79 Å². The highest BCUT2D eigenvalue weighted by Crippen LogP contribution is 2.11. The van der Waals surface area contributed by atoms with Gasteiger partial charge in [0, 0.05) is 32.2 Å². The van der Waals surface area contributed by atoms with E-state index in [0.717, 1.165) is 32.6 Å². The van der Waals surface area contributed by atoms with Crippen molar-refractivity contribution in [2.45, 2.75) is 31.7 Å². The standard InChI is InChI=1S/C11H21N3O.ClH/c12-10-4-7-13(8-10)9-11(15)14-5-2-1-3-6-14;/h10H,1-9,12H2;1H. The van der Waals surface area contributed by atoms with Crippen LogP contribution in [0, 0.1) is 0 Å². The van der Waals surface area contributed by atoms with Gasteiger partial charge in [-0.05, 0) is 25.7 Å². The highest BCUT2D eigenvalue weighted by molar-refractivity contribution is 5.85. The molecule has 2 fully saturated rings. The summed E-state index contributed by atoms with van der Waals surface area (Å²) in [6, 6.07) is 0.277. The Kier molecular flexibility index (Phi) is 5.52. The largest absolute Gasteiger partial charge is 0.342 e. The third-order valence-electron chi connectivity index (χ3n) is 3.38. The Morgan fingerprint density at radius 2 is 1.88 bits per heavy atom. The summed E-state index contributed by atoms with van der Waals surface area (Å²) in [4.78, 5) is 16.1. The van der Waals surface area contributed by atoms with Crippen molar-refractivity contribution in [2.24, 2.45) is 5.73 Å². The maximum absolute atomic E-state index is 11.9. The van der Waals surface area contributed by atoms with Crippen molar-refractivity contribution in [1.82, 2.24) is 9.80 Å². The number of amides is 1. The highest BCUT2D eigenvalue weighted by atomic mass is 35.5. The predicted molar refractivity (Wildman–Crippen MR) is 66.7 cm³/mol. The molecule has 2 heterocycles. The van der Waals surface area contributed by atoms with Crippen LogP contribution in [-0.4, -0.2) is 54.5 Å². The van der Waals surface area contributed by atoms with Gasteiger partial charge in [-0.15, -0.1) is 12.4 Å². The van der Waals surface area contributed by atoms with Crippen LogP contribution in [0.25, 0.3) is 0 Å². The number of carbonyl (C=O) groups is 1. The quantitative estimate of drug-likeness (QED) is 0.771. The molecule has 0 aromatic heterocycles. The maximum Gasteiger partial charge on any atom is 0.236 e. The molecule has 5 heteroatoms. The lowest BCUT2D eigenvalue weighted by molar-refractivity contribution is -0.133. The molecule has 1 unspecified atom stereocenters. The number of nitrogens with zero attached hydrogens (tertiary/aromatic N) is 2. The van der Waals surface area contributed by atoms with E-state index in [1.807, 2.05) is 4.90 Å². The zero-order valence-electron chi connectivity index (χ0n) is 9.73. The molecule has 4 nitrogen and oxygen atoms in total. The second kappa shape index (κ2) is 6.42. The minimum Gasteiger partial charge on any atom is -0.342 e. The van der Waals surface area contributed by atoms with Gasteiger partial charge in [0.05, 0.1) is 6.54 Å². The second-order valence-corrected chi connectivity index (χ2v) is 4.73. The molecule has 0 aliphatic carbocycles. The molecule has 2 saturated heterocycles. The second-order valence-electron chi connectivity index (χ2n) is 4.73. The maximum atomic E-state index is 11.9. The van der Waals surface area contributed by atoms with E-state index < -0.39 is 0 Å². The number of carbonyl (C=O) groups excluding carboxylic acids is 1. The van der Waals surface area contributed by atoms with Gasteiger partial charge in [0.2, 0.25) is 5.91 Å². The van der Waals surface area contributed by atoms with E-state index in [1.165, 1.54) is 19.3 Å². The number of hydrogen-bond donors (Lipinski definition) is 1. The molecule has 2 N–H and O–H groups in total. The van der Waals surface area contributed by atoms with E-state index in [9.17, 15) is 4.79 Å². The molecule has 0 radical (unpaired) electrons. The molecule has 2 rings (SSSR count). The smallest absolute Gasteiger partial charge is 0.236 e. The van der Waals surface area contributed by atoms with Crippen molar-refractivity contribution >= 4 is 18.3 Å². The zero-order valence-corrected chi connectivity index (χ0v) is 10.5. The zero-order chi connectivity index (χ0) is 10.7. The van der Waals surface area contributed by atoms with Crippen LogP contribution >= 0.6 is 12.4 Å². The summed E-state index contributed by atoms with van der Waals surface area (Å²) < 4.78 is 0. The summed E-state index contributed by atoms with van der Waals surface area (Å²) in [5.41, 5.74) is 5.81. The van der Waals surface area contributed by atoms with Gasteiger partial charge in [-0.1, -0.05) is 0 Å². The fourth-order valence-corrected chi connectivity index (χ4v) is 2.44. The summed E-state index contributed by atoms with van der Waals surface area (Å²) >= 11 is 0. The normalized spacial score (nSPS) is 26.6. The average Bonchev–Trinajstić information content (AvgIpc) is 2.65. The van der Waals surface area contributed by atoms with E-state index in [1.54, 1.807) is 0 Å². The first kappa shape index (κ1) is 13.7. The Morgan fingerprint density at radius 3 is 2.44 bits per heavy atom. The number of hydrogen-bond acceptors (Lipinski definition) is 3. The molecular formula is C11H22ClN3O. The number of halogens is 1. The summed E-state index contributed by atoms with van der Waals surface area (Å²) in [6.07, 6.45) is 4.65. The molecule has 1 atom stereocenters. The van der Waals surface area contributed by atoms with Crippen molar-refractivity contribution in [3.8, 4) is 0 Å². The molecule has 0 aromatic rings. The third-order valence-corrected chi connectivity index (χ3v) is 3.38. The van der Waals surface area contributed by atoms with Crippen LogP contribution in [0.2, 0.25) is 0 Å². The van der Waals surface area contributed by atoms with Crippen LogP contribution in [0.3, 0.4) is 0 Å². The van der Waals surface area contributed by atoms with Crippen LogP contribution in [-0.2, 0) is 4.79 Å². The van der Waals surface area contributed by atoms with Crippen molar-refractivity contribution in [1.29, 1.82) is 0 Å². The van der Waals surface area contributed by atoms with Gasteiger partial charge >= 0.3 is 0 Å². The van der Waals surface area contributed by atoms with E-state index >= 15 is 0 Å². The lowest BCUT2D eigenvalue weighted by Gasteiger charge is -2.28. The molecule has 94 valence electrons. The van der Waals surface area contributed by atoms with Crippen molar-refractivity contribution in [3.63, 3.8) is 0 Å². The van der Waals surface area contributed by atoms with Gasteiger partial charge in [0.15, 0.2) is 0 Å². The number of rotatable bonds is 2. The molecule has 16 heavy (non-hydrogen) atoms. The molecule has 0 saturated carbocycles.